The normalized spacial score (nSPS) is 12.8. The fourth-order valence-corrected chi connectivity index (χ4v) is 5.18. The number of primary amides is 1. The molecule has 0 unspecified atom stereocenters. The number of nitrogens with two attached hydrogens (primary N) is 1. The van der Waals surface area contributed by atoms with Crippen molar-refractivity contribution in [2.75, 3.05) is 19.6 Å². The molecule has 0 radical (unpaired) electrons. The Kier molecular flexibility index (Phi) is 38.5. The minimum atomic E-state index is -0.901. The molecular weight excluding hydrogens is 728 g/mol. The van der Waals surface area contributed by atoms with E-state index in [0.717, 1.165) is 61.8 Å². The van der Waals surface area contributed by atoms with Crippen LogP contribution in [0, 0.1) is 5.92 Å². The number of carboxylic acid groups (broad SMARTS) is 1. The molecule has 0 aliphatic heterocycles. The van der Waals surface area contributed by atoms with Gasteiger partial charge in [0.1, 0.15) is 6.04 Å². The monoisotopic (exact) mass is 801 g/mol. The van der Waals surface area contributed by atoms with Gasteiger partial charge in [-0.05, 0) is 115 Å². The lowest BCUT2D eigenvalue weighted by Crippen LogP contribution is -2.52. The molecule has 6 amide bonds. The first-order chi connectivity index (χ1) is 25.9. The molecule has 2 aliphatic rings. The molecule has 0 saturated heterocycles. The van der Waals surface area contributed by atoms with Gasteiger partial charge in [-0.15, -0.1) is 0 Å². The van der Waals surface area contributed by atoms with Crippen molar-refractivity contribution >= 4 is 54.4 Å². The topological polar surface area (TPSA) is 174 Å². The Morgan fingerprint density at radius 3 is 1.94 bits per heavy atom. The molecule has 2 fully saturated rings. The lowest BCUT2D eigenvalue weighted by atomic mass is 10.1. The van der Waals surface area contributed by atoms with Gasteiger partial charge in [0.2, 0.25) is 18.7 Å². The number of halogens is 1. The quantitative estimate of drug-likeness (QED) is 0.0402. The van der Waals surface area contributed by atoms with Crippen LogP contribution in [-0.4, -0.2) is 82.7 Å². The SMILES string of the molecule is CC.CC.CCCN(CC)C(=O)[C@H](CCCCC/C=C\C1CC1)NC(=O)NC(C)C.CCN(Cc1ccc(Cl)cc1)C(=O)O.NC=O.O=CNSC1CC1. The molecule has 6 N–H and O–H groups in total. The number of allylic oxidation sites excluding steroid dienone is 2. The summed E-state index contributed by atoms with van der Waals surface area (Å²) in [4.78, 5) is 57.0. The molecule has 0 spiro atoms. The van der Waals surface area contributed by atoms with Crippen molar-refractivity contribution in [2.24, 2.45) is 11.7 Å². The highest BCUT2D eigenvalue weighted by atomic mass is 35.5. The number of amides is 6. The Labute approximate surface area is 336 Å². The molecule has 0 heterocycles. The summed E-state index contributed by atoms with van der Waals surface area (Å²) in [5.41, 5.74) is 5.11. The third-order valence-corrected chi connectivity index (χ3v) is 8.64. The van der Waals surface area contributed by atoms with E-state index >= 15 is 0 Å². The van der Waals surface area contributed by atoms with Crippen LogP contribution in [-0.2, 0) is 20.9 Å². The fraction of sp³-hybridized carbons (Fsp3) is 0.675. The molecule has 1 atom stereocenters. The third-order valence-electron chi connectivity index (χ3n) is 7.35. The Morgan fingerprint density at radius 1 is 0.926 bits per heavy atom. The lowest BCUT2D eigenvalue weighted by Gasteiger charge is -2.27. The predicted molar refractivity (Wildman–Crippen MR) is 226 cm³/mol. The van der Waals surface area contributed by atoms with Crippen LogP contribution < -0.4 is 21.1 Å². The zero-order valence-electron chi connectivity index (χ0n) is 34.6. The van der Waals surface area contributed by atoms with Crippen molar-refractivity contribution in [1.29, 1.82) is 0 Å². The van der Waals surface area contributed by atoms with Crippen molar-refractivity contribution < 1.29 is 29.1 Å². The molecule has 54 heavy (non-hydrogen) atoms. The second-order valence-electron chi connectivity index (χ2n) is 12.3. The van der Waals surface area contributed by atoms with Crippen molar-refractivity contribution in [3.8, 4) is 0 Å². The molecule has 312 valence electrons. The van der Waals surface area contributed by atoms with E-state index in [-0.39, 0.29) is 24.4 Å². The summed E-state index contributed by atoms with van der Waals surface area (Å²) in [7, 11) is 0. The number of rotatable bonds is 19. The van der Waals surface area contributed by atoms with E-state index in [1.807, 2.05) is 72.4 Å². The largest absolute Gasteiger partial charge is 0.465 e. The van der Waals surface area contributed by atoms with Crippen LogP contribution in [0.2, 0.25) is 5.02 Å². The van der Waals surface area contributed by atoms with Crippen molar-refractivity contribution in [2.45, 2.75) is 150 Å². The average molecular weight is 802 g/mol. The number of hydrogen-bond donors (Lipinski definition) is 5. The van der Waals surface area contributed by atoms with Gasteiger partial charge in [0.25, 0.3) is 0 Å². The molecule has 14 heteroatoms. The van der Waals surface area contributed by atoms with Crippen LogP contribution in [0.4, 0.5) is 9.59 Å². The number of unbranched alkanes of at least 4 members (excludes halogenated alkanes) is 3. The van der Waals surface area contributed by atoms with Crippen LogP contribution in [0.15, 0.2) is 36.4 Å². The second-order valence-corrected chi connectivity index (χ2v) is 13.8. The summed E-state index contributed by atoms with van der Waals surface area (Å²) < 4.78 is 2.55. The highest BCUT2D eigenvalue weighted by molar-refractivity contribution is 7.98. The van der Waals surface area contributed by atoms with E-state index in [4.69, 9.17) is 21.5 Å². The maximum absolute atomic E-state index is 12.8. The number of nitrogens with zero attached hydrogens (tertiary/aromatic N) is 2. The third kappa shape index (κ3) is 33.1. The zero-order valence-corrected chi connectivity index (χ0v) is 36.1. The smallest absolute Gasteiger partial charge is 0.407 e. The van der Waals surface area contributed by atoms with Crippen molar-refractivity contribution in [1.82, 2.24) is 25.2 Å². The van der Waals surface area contributed by atoms with Crippen molar-refractivity contribution in [3.63, 3.8) is 0 Å². The van der Waals surface area contributed by atoms with E-state index in [0.29, 0.717) is 31.1 Å². The minimum absolute atomic E-state index is 0.0434. The molecule has 1 aromatic carbocycles. The number of benzene rings is 1. The first-order valence-corrected chi connectivity index (χ1v) is 21.0. The highest BCUT2D eigenvalue weighted by Crippen LogP contribution is 2.31. The summed E-state index contributed by atoms with van der Waals surface area (Å²) in [5.74, 6) is 0.890. The molecule has 0 aromatic heterocycles. The van der Waals surface area contributed by atoms with E-state index in [1.165, 1.54) is 42.5 Å². The predicted octanol–water partition coefficient (Wildman–Crippen LogP) is 8.77. The van der Waals surface area contributed by atoms with Gasteiger partial charge in [0.05, 0.1) is 0 Å². The molecule has 0 bridgehead atoms. The summed E-state index contributed by atoms with van der Waals surface area (Å²) in [6.07, 6.45) is 15.9. The van der Waals surface area contributed by atoms with Gasteiger partial charge in [-0.1, -0.05) is 83.3 Å². The fourth-order valence-electron chi connectivity index (χ4n) is 4.43. The Bertz CT molecular complexity index is 1120. The van der Waals surface area contributed by atoms with Gasteiger partial charge in [-0.25, -0.2) is 9.59 Å². The summed E-state index contributed by atoms with van der Waals surface area (Å²) in [5, 5.41) is 15.9. The van der Waals surface area contributed by atoms with Crippen LogP contribution >= 0.6 is 23.5 Å². The van der Waals surface area contributed by atoms with Gasteiger partial charge in [0, 0.05) is 42.5 Å². The Balaban J connectivity index is -0.000000768. The summed E-state index contributed by atoms with van der Waals surface area (Å²) in [6.45, 7) is 20.0. The number of hydrogen-bond acceptors (Lipinski definition) is 6. The molecule has 3 rings (SSSR count). The van der Waals surface area contributed by atoms with E-state index in [9.17, 15) is 19.2 Å². The zero-order chi connectivity index (χ0) is 41.7. The van der Waals surface area contributed by atoms with Gasteiger partial charge in [-0.3, -0.25) is 14.4 Å². The maximum atomic E-state index is 12.8. The van der Waals surface area contributed by atoms with Crippen LogP contribution in [0.3, 0.4) is 0 Å². The standard InChI is InChI=1S/C21H39N3O2.C10H12ClNO2.C4H7NOS.2C2H6.CH3NO/c1-5-16-24(6-2)20(25)19(23-21(26)22-17(3)4)13-11-9-7-8-10-12-18-14-15-18;1-2-12(10(13)14)7-8-3-5-9(11)6-4-8;6-3-5-7-4-1-2-4;2*1-2;2-1-3/h10,12,17-19H,5-9,11,13-16H2,1-4H3,(H2,22,23,26);3-6H,2,7H2,1H3,(H,13,14);3-4H,1-2H2,(H,5,6);2*1-2H3;1H,(H2,2,3)/b12-10-;;;;;/t19-;;;;;/m0...../s1. The maximum Gasteiger partial charge on any atom is 0.407 e. The first-order valence-electron chi connectivity index (χ1n) is 19.7. The van der Waals surface area contributed by atoms with Gasteiger partial charge >= 0.3 is 12.1 Å². The molecule has 12 nitrogen and oxygen atoms in total. The summed E-state index contributed by atoms with van der Waals surface area (Å²) in [6, 6.07) is 6.54. The minimum Gasteiger partial charge on any atom is -0.465 e. The lowest BCUT2D eigenvalue weighted by molar-refractivity contribution is -0.133. The van der Waals surface area contributed by atoms with Gasteiger partial charge in [0.15, 0.2) is 0 Å². The van der Waals surface area contributed by atoms with Crippen molar-refractivity contribution in [3.05, 3.63) is 47.0 Å². The highest BCUT2D eigenvalue weighted by Gasteiger charge is 2.25. The number of carbonyl (C=O) groups is 5. The van der Waals surface area contributed by atoms with Gasteiger partial charge < -0.3 is 36.0 Å². The second kappa shape index (κ2) is 37.8. The first kappa shape index (κ1) is 54.9. The molecule has 2 saturated carbocycles. The number of likely N-dealkylation sites (N-methyl/N-ethyl adjacent to an activating group) is 1. The Hall–Kier alpha value is -3.45. The number of carbonyl (C=O) groups excluding carboxylic acids is 4. The van der Waals surface area contributed by atoms with Crippen LogP contribution in [0.5, 0.6) is 0 Å². The Morgan fingerprint density at radius 2 is 1.50 bits per heavy atom. The van der Waals surface area contributed by atoms with E-state index < -0.39 is 12.1 Å². The van der Waals surface area contributed by atoms with Crippen LogP contribution in [0.25, 0.3) is 0 Å². The number of nitrogens with one attached hydrogen (secondary N) is 3. The van der Waals surface area contributed by atoms with Gasteiger partial charge in [-0.2, -0.15) is 0 Å². The van der Waals surface area contributed by atoms with E-state index in [1.54, 1.807) is 12.1 Å². The molecular formula is C40H73ClN6O6S. The molecule has 1 aromatic rings. The molecule has 2 aliphatic carbocycles. The van der Waals surface area contributed by atoms with Crippen LogP contribution in [0.1, 0.15) is 132 Å². The van der Waals surface area contributed by atoms with E-state index in [2.05, 4.69) is 40.2 Å². The number of urea groups is 1. The summed E-state index contributed by atoms with van der Waals surface area (Å²) >= 11 is 7.24. The average Bonchev–Trinajstić information content (AvgIpc) is 4.10.